The van der Waals surface area contributed by atoms with E-state index >= 15 is 0 Å². The summed E-state index contributed by atoms with van der Waals surface area (Å²) in [6.07, 6.45) is 0.779. The Morgan fingerprint density at radius 2 is 1.79 bits per heavy atom. The average Bonchev–Trinajstić information content (AvgIpc) is 3.45. The van der Waals surface area contributed by atoms with Crippen molar-refractivity contribution in [3.63, 3.8) is 0 Å². The summed E-state index contributed by atoms with van der Waals surface area (Å²) >= 11 is 1.47. The average molecular weight is 536 g/mol. The zero-order chi connectivity index (χ0) is 27.0. The van der Waals surface area contributed by atoms with Crippen LogP contribution >= 0.6 is 11.8 Å². The molecule has 3 unspecified atom stereocenters. The number of rotatable bonds is 6. The lowest BCUT2D eigenvalue weighted by Crippen LogP contribution is -2.48. The molecule has 38 heavy (non-hydrogen) atoms. The van der Waals surface area contributed by atoms with Crippen molar-refractivity contribution in [2.24, 2.45) is 0 Å². The van der Waals surface area contributed by atoms with Gasteiger partial charge in [0.1, 0.15) is 22.5 Å². The van der Waals surface area contributed by atoms with Crippen molar-refractivity contribution in [3.05, 3.63) is 101 Å². The third-order valence-electron chi connectivity index (χ3n) is 7.17. The molecule has 0 radical (unpaired) electrons. The molecule has 0 bridgehead atoms. The maximum absolute atomic E-state index is 14.5. The summed E-state index contributed by atoms with van der Waals surface area (Å²) in [6, 6.07) is 16.7. The zero-order valence-corrected chi connectivity index (χ0v) is 21.8. The number of aryl methyl sites for hydroxylation is 1. The fourth-order valence-electron chi connectivity index (χ4n) is 5.14. The lowest BCUT2D eigenvalue weighted by molar-refractivity contribution is -0.136. The highest BCUT2D eigenvalue weighted by Crippen LogP contribution is 2.54. The fraction of sp³-hybridized carbons (Fsp3) is 0.276. The number of nitrogens with one attached hydrogen (secondary N) is 2. The van der Waals surface area contributed by atoms with Crippen LogP contribution < -0.4 is 10.6 Å². The number of carbonyl (C=O) groups excluding carboxylic acids is 3. The summed E-state index contributed by atoms with van der Waals surface area (Å²) in [5, 5.41) is 5.65. The van der Waals surface area contributed by atoms with Gasteiger partial charge in [0.25, 0.3) is 5.91 Å². The first-order valence-electron chi connectivity index (χ1n) is 12.4. The maximum Gasteiger partial charge on any atom is 0.253 e. The molecule has 2 saturated heterocycles. The van der Waals surface area contributed by atoms with Gasteiger partial charge in [-0.2, -0.15) is 0 Å². The molecule has 0 spiro atoms. The first-order chi connectivity index (χ1) is 18.2. The highest BCUT2D eigenvalue weighted by molar-refractivity contribution is 8.00. The van der Waals surface area contributed by atoms with E-state index in [4.69, 9.17) is 0 Å². The lowest BCUT2D eigenvalue weighted by atomic mass is 10.0. The van der Waals surface area contributed by atoms with Crippen LogP contribution in [0.15, 0.2) is 66.7 Å². The van der Waals surface area contributed by atoms with E-state index in [2.05, 4.69) is 10.6 Å². The second kappa shape index (κ2) is 10.2. The van der Waals surface area contributed by atoms with Crippen molar-refractivity contribution in [2.45, 2.75) is 43.6 Å². The topological polar surface area (TPSA) is 78.5 Å². The monoisotopic (exact) mass is 535 g/mol. The van der Waals surface area contributed by atoms with Crippen LogP contribution in [0.2, 0.25) is 0 Å². The van der Waals surface area contributed by atoms with Crippen LogP contribution in [0.4, 0.5) is 14.5 Å². The second-order valence-electron chi connectivity index (χ2n) is 9.62. The van der Waals surface area contributed by atoms with Gasteiger partial charge in [-0.3, -0.25) is 14.4 Å². The van der Waals surface area contributed by atoms with Gasteiger partial charge in [0, 0.05) is 12.2 Å². The molecule has 2 heterocycles. The van der Waals surface area contributed by atoms with Crippen molar-refractivity contribution >= 4 is 35.2 Å². The Kier molecular flexibility index (Phi) is 6.96. The molecular weight excluding hydrogens is 508 g/mol. The molecule has 0 saturated carbocycles. The minimum atomic E-state index is -0.801. The molecule has 3 amide bonds. The molecular formula is C29H27F2N3O3S. The summed E-state index contributed by atoms with van der Waals surface area (Å²) in [6.45, 7) is 3.37. The summed E-state index contributed by atoms with van der Waals surface area (Å²) in [5.74, 6) is -1.77. The van der Waals surface area contributed by atoms with Crippen molar-refractivity contribution in [1.29, 1.82) is 0 Å². The van der Waals surface area contributed by atoms with E-state index in [1.54, 1.807) is 24.0 Å². The molecule has 196 valence electrons. The van der Waals surface area contributed by atoms with Crippen LogP contribution in [0.3, 0.4) is 0 Å². The van der Waals surface area contributed by atoms with Gasteiger partial charge in [-0.05, 0) is 61.2 Å². The van der Waals surface area contributed by atoms with E-state index in [9.17, 15) is 23.2 Å². The Labute approximate surface area is 223 Å². The number of thioether (sulfide) groups is 1. The molecule has 3 aromatic carbocycles. The van der Waals surface area contributed by atoms with Gasteiger partial charge in [0.2, 0.25) is 11.8 Å². The van der Waals surface area contributed by atoms with Crippen molar-refractivity contribution in [2.75, 3.05) is 11.1 Å². The Morgan fingerprint density at radius 1 is 1.08 bits per heavy atom. The number of amides is 3. The number of nitrogens with zero attached hydrogens (tertiary/aromatic N) is 1. The minimum Gasteiger partial charge on any atom is -0.345 e. The van der Waals surface area contributed by atoms with Crippen molar-refractivity contribution in [3.8, 4) is 0 Å². The Morgan fingerprint density at radius 3 is 2.50 bits per heavy atom. The third-order valence-corrected chi connectivity index (χ3v) is 8.77. The lowest BCUT2D eigenvalue weighted by Gasteiger charge is -2.34. The Balaban J connectivity index is 1.40. The number of hydrogen-bond donors (Lipinski definition) is 2. The summed E-state index contributed by atoms with van der Waals surface area (Å²) in [4.78, 5) is 40.5. The largest absolute Gasteiger partial charge is 0.345 e. The van der Waals surface area contributed by atoms with Crippen LogP contribution in [0.25, 0.3) is 0 Å². The van der Waals surface area contributed by atoms with Gasteiger partial charge in [0.15, 0.2) is 0 Å². The van der Waals surface area contributed by atoms with Crippen molar-refractivity contribution in [1.82, 2.24) is 10.2 Å². The van der Waals surface area contributed by atoms with Crippen LogP contribution in [0.1, 0.15) is 52.9 Å². The second-order valence-corrected chi connectivity index (χ2v) is 10.9. The maximum atomic E-state index is 14.5. The molecule has 2 N–H and O–H groups in total. The molecule has 2 aliphatic rings. The van der Waals surface area contributed by atoms with E-state index in [0.29, 0.717) is 12.2 Å². The standard InChI is InChI=1S/C29H27F2N3O3S/c1-17-14-24(22(15-23(17)31)27(36)32-18(2)19-6-4-3-5-7-19)33-28(37)25-16-38-29(13-12-26(35)34(25)29)20-8-10-21(30)11-9-20/h3-11,14-15,18,25H,12-13,16H2,1-2H3,(H,32,36)(H,33,37). The number of hydrogen-bond acceptors (Lipinski definition) is 4. The normalized spacial score (nSPS) is 21.2. The molecule has 0 aromatic heterocycles. The van der Waals surface area contributed by atoms with Gasteiger partial charge < -0.3 is 15.5 Å². The molecule has 2 aliphatic heterocycles. The van der Waals surface area contributed by atoms with Crippen LogP contribution in [0, 0.1) is 18.6 Å². The smallest absolute Gasteiger partial charge is 0.253 e. The van der Waals surface area contributed by atoms with E-state index in [1.165, 1.54) is 30.0 Å². The number of carbonyl (C=O) groups is 3. The predicted molar refractivity (Wildman–Crippen MR) is 142 cm³/mol. The minimum absolute atomic E-state index is 0.00701. The summed E-state index contributed by atoms with van der Waals surface area (Å²) < 4.78 is 28.1. The summed E-state index contributed by atoms with van der Waals surface area (Å²) in [7, 11) is 0. The molecule has 2 fully saturated rings. The fourth-order valence-corrected chi connectivity index (χ4v) is 6.79. The molecule has 5 rings (SSSR count). The number of fused-ring (bicyclic) bond motifs is 1. The number of anilines is 1. The quantitative estimate of drug-likeness (QED) is 0.450. The molecule has 3 atom stereocenters. The van der Waals surface area contributed by atoms with Gasteiger partial charge in [0.05, 0.1) is 17.3 Å². The van der Waals surface area contributed by atoms with Crippen LogP contribution in [-0.4, -0.2) is 34.4 Å². The first kappa shape index (κ1) is 25.9. The Hall–Kier alpha value is -3.72. The predicted octanol–water partition coefficient (Wildman–Crippen LogP) is 5.29. The van der Waals surface area contributed by atoms with Gasteiger partial charge in [-0.15, -0.1) is 11.8 Å². The van der Waals surface area contributed by atoms with E-state index in [1.807, 2.05) is 37.3 Å². The molecule has 9 heteroatoms. The number of benzene rings is 3. The van der Waals surface area contributed by atoms with Crippen LogP contribution in [-0.2, 0) is 14.5 Å². The SMILES string of the molecule is Cc1cc(NC(=O)C2CSC3(c4ccc(F)cc4)CCC(=O)N23)c(C(=O)NC(C)c2ccccc2)cc1F. The molecule has 6 nitrogen and oxygen atoms in total. The van der Waals surface area contributed by atoms with Crippen molar-refractivity contribution < 1.29 is 23.2 Å². The van der Waals surface area contributed by atoms with Gasteiger partial charge in [-0.1, -0.05) is 42.5 Å². The molecule has 0 aliphatic carbocycles. The van der Waals surface area contributed by atoms with Gasteiger partial charge >= 0.3 is 0 Å². The highest BCUT2D eigenvalue weighted by Gasteiger charge is 2.56. The first-order valence-corrected chi connectivity index (χ1v) is 13.4. The zero-order valence-electron chi connectivity index (χ0n) is 21.0. The summed E-state index contributed by atoms with van der Waals surface area (Å²) in [5.41, 5.74) is 2.08. The van der Waals surface area contributed by atoms with Crippen LogP contribution in [0.5, 0.6) is 0 Å². The van der Waals surface area contributed by atoms with Gasteiger partial charge in [-0.25, -0.2) is 8.78 Å². The Bertz CT molecular complexity index is 1400. The van der Waals surface area contributed by atoms with E-state index in [-0.39, 0.29) is 41.0 Å². The highest BCUT2D eigenvalue weighted by atomic mass is 32.2. The van der Waals surface area contributed by atoms with E-state index in [0.717, 1.165) is 17.2 Å². The third kappa shape index (κ3) is 4.67. The molecule has 3 aromatic rings. The van der Waals surface area contributed by atoms with E-state index < -0.39 is 28.5 Å². The number of halogens is 2.